The Kier molecular flexibility index (Phi) is 5.21. The normalized spacial score (nSPS) is 13.7. The van der Waals surface area contributed by atoms with E-state index in [0.717, 1.165) is 36.9 Å². The molecule has 1 aliphatic heterocycles. The highest BCUT2D eigenvalue weighted by Gasteiger charge is 2.24. The van der Waals surface area contributed by atoms with Gasteiger partial charge in [0.25, 0.3) is 11.8 Å². The smallest absolute Gasteiger partial charge is 0.264 e. The van der Waals surface area contributed by atoms with E-state index in [0.29, 0.717) is 16.5 Å². The summed E-state index contributed by atoms with van der Waals surface area (Å²) in [7, 11) is -3.63. The molecule has 0 unspecified atom stereocenters. The van der Waals surface area contributed by atoms with Gasteiger partial charge in [0.2, 0.25) is 10.0 Å². The number of sulfonamides is 1. The molecule has 30 heavy (non-hydrogen) atoms. The minimum absolute atomic E-state index is 0.0690. The Bertz CT molecular complexity index is 1270. The van der Waals surface area contributed by atoms with Crippen molar-refractivity contribution < 1.29 is 18.0 Å². The number of hydrogen-bond acceptors (Lipinski definition) is 5. The van der Waals surface area contributed by atoms with Gasteiger partial charge < -0.3 is 4.90 Å². The number of likely N-dealkylation sites (tertiary alicyclic amines) is 1. The van der Waals surface area contributed by atoms with Crippen LogP contribution in [0.2, 0.25) is 5.15 Å². The SMILES string of the molecule is CS(=O)(=O)NC(=O)c1ccc(-c2ccc3nc(Cl)cc(C(=O)N4CCC4)c3c2)cc1. The van der Waals surface area contributed by atoms with Crippen molar-refractivity contribution in [1.82, 2.24) is 14.6 Å². The first-order chi connectivity index (χ1) is 14.2. The zero-order chi connectivity index (χ0) is 21.5. The molecule has 2 aromatic carbocycles. The molecule has 1 N–H and O–H groups in total. The molecule has 2 heterocycles. The van der Waals surface area contributed by atoms with Gasteiger partial charge in [-0.3, -0.25) is 9.59 Å². The molecule has 9 heteroatoms. The van der Waals surface area contributed by atoms with Crippen molar-refractivity contribution in [2.75, 3.05) is 19.3 Å². The highest BCUT2D eigenvalue weighted by atomic mass is 35.5. The number of pyridine rings is 1. The van der Waals surface area contributed by atoms with Crippen LogP contribution in [0.4, 0.5) is 0 Å². The van der Waals surface area contributed by atoms with Gasteiger partial charge in [-0.15, -0.1) is 0 Å². The Labute approximate surface area is 178 Å². The molecule has 7 nitrogen and oxygen atoms in total. The summed E-state index contributed by atoms with van der Waals surface area (Å²) in [5, 5.41) is 0.966. The van der Waals surface area contributed by atoms with Crippen molar-refractivity contribution in [1.29, 1.82) is 0 Å². The van der Waals surface area contributed by atoms with Crippen molar-refractivity contribution >= 4 is 44.3 Å². The first-order valence-electron chi connectivity index (χ1n) is 9.23. The topological polar surface area (TPSA) is 96.4 Å². The van der Waals surface area contributed by atoms with Crippen LogP contribution in [0.5, 0.6) is 0 Å². The van der Waals surface area contributed by atoms with Crippen LogP contribution in [0.1, 0.15) is 27.1 Å². The zero-order valence-corrected chi connectivity index (χ0v) is 17.6. The number of aromatic nitrogens is 1. The molecule has 0 spiro atoms. The van der Waals surface area contributed by atoms with Crippen LogP contribution in [0, 0.1) is 0 Å². The maximum atomic E-state index is 12.8. The first-order valence-corrected chi connectivity index (χ1v) is 11.5. The van der Waals surface area contributed by atoms with Crippen LogP contribution in [0.25, 0.3) is 22.0 Å². The molecule has 0 radical (unpaired) electrons. The fourth-order valence-electron chi connectivity index (χ4n) is 3.28. The molecule has 1 aromatic heterocycles. The Balaban J connectivity index is 1.70. The third-order valence-electron chi connectivity index (χ3n) is 4.91. The molecule has 0 bridgehead atoms. The third-order valence-corrected chi connectivity index (χ3v) is 5.66. The molecule has 0 saturated carbocycles. The van der Waals surface area contributed by atoms with E-state index >= 15 is 0 Å². The predicted octanol–water partition coefficient (Wildman–Crippen LogP) is 3.09. The number of fused-ring (bicyclic) bond motifs is 1. The van der Waals surface area contributed by atoms with E-state index < -0.39 is 15.9 Å². The van der Waals surface area contributed by atoms with Gasteiger partial charge in [0.05, 0.1) is 17.3 Å². The second-order valence-electron chi connectivity index (χ2n) is 7.15. The number of rotatable bonds is 4. The van der Waals surface area contributed by atoms with Crippen molar-refractivity contribution in [3.63, 3.8) is 0 Å². The number of carbonyl (C=O) groups is 2. The van der Waals surface area contributed by atoms with Crippen LogP contribution >= 0.6 is 11.6 Å². The molecule has 1 aliphatic rings. The molecule has 1 fully saturated rings. The zero-order valence-electron chi connectivity index (χ0n) is 16.1. The number of benzene rings is 2. The van der Waals surface area contributed by atoms with Gasteiger partial charge in [0.1, 0.15) is 5.15 Å². The van der Waals surface area contributed by atoms with Crippen LogP contribution in [-0.2, 0) is 10.0 Å². The third kappa shape index (κ3) is 4.15. The van der Waals surface area contributed by atoms with Gasteiger partial charge in [-0.25, -0.2) is 18.1 Å². The molecular formula is C21H18ClN3O4S. The molecule has 0 atom stereocenters. The number of hydrogen-bond donors (Lipinski definition) is 1. The summed E-state index contributed by atoms with van der Waals surface area (Å²) in [5.41, 5.74) is 3.01. The minimum Gasteiger partial charge on any atom is -0.338 e. The average molecular weight is 444 g/mol. The fraction of sp³-hybridized carbons (Fsp3) is 0.190. The van der Waals surface area contributed by atoms with E-state index in [4.69, 9.17) is 11.6 Å². The lowest BCUT2D eigenvalue weighted by Crippen LogP contribution is -2.42. The van der Waals surface area contributed by atoms with E-state index in [1.54, 1.807) is 41.3 Å². The number of amides is 2. The molecule has 3 aromatic rings. The standard InChI is InChI=1S/C21H18ClN3O4S/c1-30(28,29)24-20(26)14-5-3-13(4-6-14)15-7-8-18-16(11-15)17(12-19(22)23-18)21(27)25-9-2-10-25/h3-8,11-12H,2,9-10H2,1H3,(H,24,26). The summed E-state index contributed by atoms with van der Waals surface area (Å²) in [5.74, 6) is -0.760. The molecule has 2 amide bonds. The van der Waals surface area contributed by atoms with E-state index in [-0.39, 0.29) is 16.6 Å². The highest BCUT2D eigenvalue weighted by Crippen LogP contribution is 2.29. The quantitative estimate of drug-likeness (QED) is 0.625. The lowest BCUT2D eigenvalue weighted by atomic mass is 9.99. The summed E-state index contributed by atoms with van der Waals surface area (Å²) < 4.78 is 24.4. The van der Waals surface area contributed by atoms with Gasteiger partial charge in [0, 0.05) is 24.0 Å². The van der Waals surface area contributed by atoms with Crippen LogP contribution in [0.3, 0.4) is 0 Å². The maximum Gasteiger partial charge on any atom is 0.264 e. The summed E-state index contributed by atoms with van der Waals surface area (Å²) in [6.07, 6.45) is 1.92. The van der Waals surface area contributed by atoms with Gasteiger partial charge in [-0.1, -0.05) is 29.8 Å². The van der Waals surface area contributed by atoms with Gasteiger partial charge >= 0.3 is 0 Å². The number of halogens is 1. The van der Waals surface area contributed by atoms with Crippen molar-refractivity contribution in [2.24, 2.45) is 0 Å². The first kappa shape index (κ1) is 20.3. The monoisotopic (exact) mass is 443 g/mol. The Morgan fingerprint density at radius 3 is 2.30 bits per heavy atom. The Hall–Kier alpha value is -2.97. The summed E-state index contributed by atoms with van der Waals surface area (Å²) >= 11 is 6.12. The molecular weight excluding hydrogens is 426 g/mol. The summed E-state index contributed by atoms with van der Waals surface area (Å²) in [4.78, 5) is 30.9. The van der Waals surface area contributed by atoms with E-state index in [2.05, 4.69) is 4.98 Å². The van der Waals surface area contributed by atoms with Gasteiger partial charge in [-0.2, -0.15) is 0 Å². The minimum atomic E-state index is -3.63. The van der Waals surface area contributed by atoms with Crippen LogP contribution < -0.4 is 4.72 Å². The Morgan fingerprint density at radius 2 is 1.70 bits per heavy atom. The number of nitrogens with zero attached hydrogens (tertiary/aromatic N) is 2. The lowest BCUT2D eigenvalue weighted by molar-refractivity contribution is 0.0653. The number of carbonyl (C=O) groups excluding carboxylic acids is 2. The largest absolute Gasteiger partial charge is 0.338 e. The highest BCUT2D eigenvalue weighted by molar-refractivity contribution is 7.89. The second-order valence-corrected chi connectivity index (χ2v) is 9.29. The van der Waals surface area contributed by atoms with Crippen molar-refractivity contribution in [2.45, 2.75) is 6.42 Å². The number of nitrogens with one attached hydrogen (secondary N) is 1. The van der Waals surface area contributed by atoms with Crippen molar-refractivity contribution in [3.05, 3.63) is 64.8 Å². The molecule has 0 aliphatic carbocycles. The van der Waals surface area contributed by atoms with E-state index in [9.17, 15) is 18.0 Å². The molecule has 1 saturated heterocycles. The molecule has 4 rings (SSSR count). The maximum absolute atomic E-state index is 12.8. The van der Waals surface area contributed by atoms with E-state index in [1.807, 2.05) is 16.9 Å². The van der Waals surface area contributed by atoms with Gasteiger partial charge in [0.15, 0.2) is 0 Å². The predicted molar refractivity (Wildman–Crippen MR) is 115 cm³/mol. The lowest BCUT2D eigenvalue weighted by Gasteiger charge is -2.31. The average Bonchev–Trinajstić information content (AvgIpc) is 2.64. The Morgan fingerprint density at radius 1 is 1.03 bits per heavy atom. The molecule has 154 valence electrons. The van der Waals surface area contributed by atoms with Crippen molar-refractivity contribution in [3.8, 4) is 11.1 Å². The summed E-state index contributed by atoms with van der Waals surface area (Å²) in [6, 6.07) is 13.7. The summed E-state index contributed by atoms with van der Waals surface area (Å²) in [6.45, 7) is 1.47. The van der Waals surface area contributed by atoms with Crippen LogP contribution in [-0.4, -0.2) is 49.5 Å². The fourth-order valence-corrected chi connectivity index (χ4v) is 3.94. The van der Waals surface area contributed by atoms with E-state index in [1.165, 1.54) is 0 Å². The van der Waals surface area contributed by atoms with Crippen LogP contribution in [0.15, 0.2) is 48.5 Å². The van der Waals surface area contributed by atoms with Gasteiger partial charge in [-0.05, 0) is 47.9 Å². The second kappa shape index (κ2) is 7.70.